The van der Waals surface area contributed by atoms with E-state index in [0.29, 0.717) is 21.8 Å². The molecule has 3 aromatic rings. The average molecular weight is 394 g/mol. The van der Waals surface area contributed by atoms with E-state index in [2.05, 4.69) is 10.4 Å². The number of hydrogen-bond donors (Lipinski definition) is 1. The van der Waals surface area contributed by atoms with Gasteiger partial charge in [0.25, 0.3) is 5.91 Å². The van der Waals surface area contributed by atoms with Crippen LogP contribution in [0.2, 0.25) is 5.02 Å². The molecule has 0 saturated heterocycles. The third-order valence-electron chi connectivity index (χ3n) is 3.88. The molecule has 0 aliphatic carbocycles. The van der Waals surface area contributed by atoms with Gasteiger partial charge in [0.05, 0.1) is 17.7 Å². The van der Waals surface area contributed by atoms with Gasteiger partial charge < -0.3 is 5.32 Å². The van der Waals surface area contributed by atoms with Gasteiger partial charge in [-0.05, 0) is 35.9 Å². The molecule has 3 rings (SSSR count). The van der Waals surface area contributed by atoms with Gasteiger partial charge >= 0.3 is 0 Å². The molecule has 0 saturated carbocycles. The molecule has 2 aromatic carbocycles. The Morgan fingerprint density at radius 3 is 2.59 bits per heavy atom. The normalized spacial score (nSPS) is 11.0. The molecule has 4 nitrogen and oxygen atoms in total. The van der Waals surface area contributed by atoms with Gasteiger partial charge in [0.1, 0.15) is 5.82 Å². The maximum atomic E-state index is 13.7. The molecule has 1 aromatic heterocycles. The zero-order chi connectivity index (χ0) is 19.6. The van der Waals surface area contributed by atoms with Crippen LogP contribution in [0.15, 0.2) is 48.7 Å². The molecular weight excluding hydrogens is 379 g/mol. The second-order valence-corrected chi connectivity index (χ2v) is 6.35. The third kappa shape index (κ3) is 4.49. The van der Waals surface area contributed by atoms with Crippen molar-refractivity contribution in [1.82, 2.24) is 9.78 Å². The Balaban J connectivity index is 1.94. The molecule has 0 aliphatic rings. The molecule has 1 heterocycles. The van der Waals surface area contributed by atoms with E-state index < -0.39 is 24.6 Å². The standard InChI is InChI=1S/C19H15ClF3N3O/c1-26-10-15(17(25-26)9-18(22)23)19(27)24-16-7-6-13(21)8-14(16)11-2-4-12(20)5-3-11/h2-8,10,18H,9H2,1H3,(H,24,27). The molecule has 0 atom stereocenters. The Labute approximate surface area is 158 Å². The van der Waals surface area contributed by atoms with Crippen LogP contribution in [0.5, 0.6) is 0 Å². The molecule has 27 heavy (non-hydrogen) atoms. The Morgan fingerprint density at radius 2 is 1.93 bits per heavy atom. The van der Waals surface area contributed by atoms with E-state index in [4.69, 9.17) is 11.6 Å². The van der Waals surface area contributed by atoms with Crippen molar-refractivity contribution < 1.29 is 18.0 Å². The number of halogens is 4. The first-order chi connectivity index (χ1) is 12.8. The topological polar surface area (TPSA) is 46.9 Å². The lowest BCUT2D eigenvalue weighted by atomic mass is 10.0. The summed E-state index contributed by atoms with van der Waals surface area (Å²) >= 11 is 5.88. The minimum absolute atomic E-state index is 0.000143. The molecule has 8 heteroatoms. The van der Waals surface area contributed by atoms with Gasteiger partial charge in [-0.1, -0.05) is 23.7 Å². The second-order valence-electron chi connectivity index (χ2n) is 5.91. The number of nitrogens with one attached hydrogen (secondary N) is 1. The lowest BCUT2D eigenvalue weighted by molar-refractivity contribution is 0.102. The van der Waals surface area contributed by atoms with E-state index in [9.17, 15) is 18.0 Å². The number of alkyl halides is 2. The molecule has 0 bridgehead atoms. The van der Waals surface area contributed by atoms with Crippen LogP contribution >= 0.6 is 11.6 Å². The Bertz CT molecular complexity index is 971. The summed E-state index contributed by atoms with van der Waals surface area (Å²) in [7, 11) is 1.54. The van der Waals surface area contributed by atoms with E-state index in [1.807, 2.05) is 0 Å². The first-order valence-electron chi connectivity index (χ1n) is 8.01. The SMILES string of the molecule is Cn1cc(C(=O)Nc2ccc(F)cc2-c2ccc(Cl)cc2)c(CC(F)F)n1. The summed E-state index contributed by atoms with van der Waals surface area (Å²) < 4.78 is 40.5. The van der Waals surface area contributed by atoms with E-state index >= 15 is 0 Å². The molecule has 1 amide bonds. The minimum atomic E-state index is -2.62. The Kier molecular flexibility index (Phi) is 5.51. The van der Waals surface area contributed by atoms with Crippen LogP contribution in [0, 0.1) is 5.82 Å². The smallest absolute Gasteiger partial charge is 0.259 e. The molecule has 0 radical (unpaired) electrons. The number of anilines is 1. The number of carbonyl (C=O) groups excluding carboxylic acids is 1. The van der Waals surface area contributed by atoms with Crippen molar-refractivity contribution in [3.05, 3.63) is 70.8 Å². The van der Waals surface area contributed by atoms with Gasteiger partial charge in [-0.3, -0.25) is 9.48 Å². The van der Waals surface area contributed by atoms with Gasteiger partial charge in [0, 0.05) is 29.5 Å². The highest BCUT2D eigenvalue weighted by molar-refractivity contribution is 6.30. The fourth-order valence-electron chi connectivity index (χ4n) is 2.70. The van der Waals surface area contributed by atoms with E-state index in [1.54, 1.807) is 31.3 Å². The maximum absolute atomic E-state index is 13.7. The van der Waals surface area contributed by atoms with Crippen LogP contribution in [-0.4, -0.2) is 22.1 Å². The van der Waals surface area contributed by atoms with Crippen molar-refractivity contribution in [3.8, 4) is 11.1 Å². The van der Waals surface area contributed by atoms with Crippen molar-refractivity contribution in [1.29, 1.82) is 0 Å². The zero-order valence-electron chi connectivity index (χ0n) is 14.2. The van der Waals surface area contributed by atoms with Crippen LogP contribution in [-0.2, 0) is 13.5 Å². The maximum Gasteiger partial charge on any atom is 0.259 e. The van der Waals surface area contributed by atoms with Crippen LogP contribution in [0.1, 0.15) is 16.1 Å². The quantitative estimate of drug-likeness (QED) is 0.667. The molecule has 0 fully saturated rings. The predicted octanol–water partition coefficient (Wildman–Crippen LogP) is 4.94. The molecule has 0 aliphatic heterocycles. The lowest BCUT2D eigenvalue weighted by Gasteiger charge is -2.12. The Hall–Kier alpha value is -2.80. The fourth-order valence-corrected chi connectivity index (χ4v) is 2.83. The van der Waals surface area contributed by atoms with Crippen LogP contribution < -0.4 is 5.32 Å². The van der Waals surface area contributed by atoms with Crippen molar-refractivity contribution in [2.24, 2.45) is 7.05 Å². The first-order valence-corrected chi connectivity index (χ1v) is 8.39. The van der Waals surface area contributed by atoms with Gasteiger partial charge in [-0.15, -0.1) is 0 Å². The van der Waals surface area contributed by atoms with Gasteiger partial charge in [-0.25, -0.2) is 13.2 Å². The van der Waals surface area contributed by atoms with E-state index in [1.165, 1.54) is 29.1 Å². The highest BCUT2D eigenvalue weighted by atomic mass is 35.5. The van der Waals surface area contributed by atoms with E-state index in [-0.39, 0.29) is 11.3 Å². The summed E-state index contributed by atoms with van der Waals surface area (Å²) in [5, 5.41) is 7.10. The average Bonchev–Trinajstić information content (AvgIpc) is 2.97. The second kappa shape index (κ2) is 7.84. The van der Waals surface area contributed by atoms with Crippen molar-refractivity contribution in [3.63, 3.8) is 0 Å². The van der Waals surface area contributed by atoms with Crippen LogP contribution in [0.4, 0.5) is 18.9 Å². The van der Waals surface area contributed by atoms with Crippen molar-refractivity contribution >= 4 is 23.2 Å². The van der Waals surface area contributed by atoms with Crippen molar-refractivity contribution in [2.75, 3.05) is 5.32 Å². The summed E-state index contributed by atoms with van der Waals surface area (Å²) in [6.07, 6.45) is -1.88. The molecule has 0 unspecified atom stereocenters. The zero-order valence-corrected chi connectivity index (χ0v) is 15.0. The minimum Gasteiger partial charge on any atom is -0.321 e. The summed E-state index contributed by atoms with van der Waals surface area (Å²) in [6.45, 7) is 0. The molecule has 140 valence electrons. The fraction of sp³-hybridized carbons (Fsp3) is 0.158. The van der Waals surface area contributed by atoms with Crippen molar-refractivity contribution in [2.45, 2.75) is 12.8 Å². The van der Waals surface area contributed by atoms with Gasteiger partial charge in [-0.2, -0.15) is 5.10 Å². The number of amides is 1. The number of carbonyl (C=O) groups is 1. The van der Waals surface area contributed by atoms with E-state index in [0.717, 1.165) is 0 Å². The Morgan fingerprint density at radius 1 is 1.22 bits per heavy atom. The first kappa shape index (κ1) is 19.0. The van der Waals surface area contributed by atoms with Crippen LogP contribution in [0.25, 0.3) is 11.1 Å². The molecule has 0 spiro atoms. The summed E-state index contributed by atoms with van der Waals surface area (Å²) in [4.78, 5) is 12.6. The van der Waals surface area contributed by atoms with Gasteiger partial charge in [0.15, 0.2) is 0 Å². The highest BCUT2D eigenvalue weighted by Gasteiger charge is 2.20. The third-order valence-corrected chi connectivity index (χ3v) is 4.13. The summed E-state index contributed by atoms with van der Waals surface area (Å²) in [6, 6.07) is 10.6. The van der Waals surface area contributed by atoms with Crippen LogP contribution in [0.3, 0.4) is 0 Å². The number of aryl methyl sites for hydroxylation is 1. The number of rotatable bonds is 5. The highest BCUT2D eigenvalue weighted by Crippen LogP contribution is 2.30. The largest absolute Gasteiger partial charge is 0.321 e. The summed E-state index contributed by atoms with van der Waals surface area (Å²) in [5.74, 6) is -1.07. The number of hydrogen-bond acceptors (Lipinski definition) is 2. The molecule has 1 N–H and O–H groups in total. The number of aromatic nitrogens is 2. The predicted molar refractivity (Wildman–Crippen MR) is 97.7 cm³/mol. The number of nitrogens with zero attached hydrogens (tertiary/aromatic N) is 2. The summed E-state index contributed by atoms with van der Waals surface area (Å²) in [5.41, 5.74) is 1.48. The number of benzene rings is 2. The molecular formula is C19H15ClF3N3O. The monoisotopic (exact) mass is 393 g/mol. The van der Waals surface area contributed by atoms with Gasteiger partial charge in [0.2, 0.25) is 6.43 Å². The lowest BCUT2D eigenvalue weighted by Crippen LogP contribution is -2.15.